The summed E-state index contributed by atoms with van der Waals surface area (Å²) in [7, 11) is 0. The van der Waals surface area contributed by atoms with E-state index in [-0.39, 0.29) is 0 Å². The summed E-state index contributed by atoms with van der Waals surface area (Å²) in [6.45, 7) is 9.68. The summed E-state index contributed by atoms with van der Waals surface area (Å²) in [6.07, 6.45) is 11.8. The molecule has 1 aliphatic carbocycles. The lowest BCUT2D eigenvalue weighted by molar-refractivity contribution is 0.589. The van der Waals surface area contributed by atoms with Crippen LogP contribution in [0.3, 0.4) is 0 Å². The molecule has 0 radical (unpaired) electrons. The van der Waals surface area contributed by atoms with E-state index in [4.69, 9.17) is 10.4 Å². The van der Waals surface area contributed by atoms with Crippen molar-refractivity contribution >= 4 is 23.6 Å². The fourth-order valence-corrected chi connectivity index (χ4v) is 4.56. The molecule has 2 aliphatic rings. The molecule has 35 heavy (non-hydrogen) atoms. The Kier molecular flexibility index (Phi) is 6.38. The average Bonchev–Trinajstić information content (AvgIpc) is 3.32. The van der Waals surface area contributed by atoms with E-state index in [0.717, 1.165) is 65.5 Å². The standard InChI is InChI=1S/C28H27N7/c1-20-26(23-7-9-24(10-8-23)34-15-13-31-14-16-34)17-28-32-19-27(35(28)33-20)25(11-12-30-2)22-5-3-21(18-29)4-6-22/h3-5,7-12,17,19,31H,2,6,13-16H2,1H3/b12-11-,25-22+. The summed E-state index contributed by atoms with van der Waals surface area (Å²) in [6, 6.07) is 13.0. The summed E-state index contributed by atoms with van der Waals surface area (Å²) in [4.78, 5) is 11.0. The van der Waals surface area contributed by atoms with Gasteiger partial charge in [-0.3, -0.25) is 4.99 Å². The van der Waals surface area contributed by atoms with E-state index < -0.39 is 0 Å². The van der Waals surface area contributed by atoms with Gasteiger partial charge in [-0.15, -0.1) is 0 Å². The Labute approximate surface area is 205 Å². The van der Waals surface area contributed by atoms with Crippen molar-refractivity contribution < 1.29 is 0 Å². The van der Waals surface area contributed by atoms with Gasteiger partial charge >= 0.3 is 0 Å². The van der Waals surface area contributed by atoms with Gasteiger partial charge in [0.25, 0.3) is 0 Å². The molecule has 0 amide bonds. The molecule has 174 valence electrons. The lowest BCUT2D eigenvalue weighted by atomic mass is 9.96. The van der Waals surface area contributed by atoms with Crippen LogP contribution in [-0.2, 0) is 0 Å². The highest BCUT2D eigenvalue weighted by atomic mass is 15.3. The Bertz CT molecular complexity index is 1420. The number of anilines is 1. The van der Waals surface area contributed by atoms with Crippen molar-refractivity contribution in [3.8, 4) is 17.2 Å². The lowest BCUT2D eigenvalue weighted by Gasteiger charge is -2.29. The van der Waals surface area contributed by atoms with Gasteiger partial charge in [-0.1, -0.05) is 24.3 Å². The number of nitriles is 1. The number of imidazole rings is 1. The fraction of sp³-hybridized carbons (Fsp3) is 0.214. The van der Waals surface area contributed by atoms with Crippen molar-refractivity contribution in [1.29, 1.82) is 5.26 Å². The van der Waals surface area contributed by atoms with Crippen molar-refractivity contribution in [2.24, 2.45) is 4.99 Å². The van der Waals surface area contributed by atoms with Gasteiger partial charge in [0.05, 0.1) is 23.7 Å². The minimum absolute atomic E-state index is 0.653. The Morgan fingerprint density at radius 2 is 2.00 bits per heavy atom. The van der Waals surface area contributed by atoms with Crippen LogP contribution >= 0.6 is 0 Å². The molecule has 0 bridgehead atoms. The third-order valence-electron chi connectivity index (χ3n) is 6.44. The SMILES string of the molecule is C=N/C=C\C(=C1\C=CC(C#N)=CC1)c1cnc2cc(-c3ccc(N4CCNCC4)cc3)c(C)nn12. The van der Waals surface area contributed by atoms with Gasteiger partial charge in [0.1, 0.15) is 0 Å². The Balaban J connectivity index is 1.51. The van der Waals surface area contributed by atoms with Crippen LogP contribution in [0.25, 0.3) is 22.3 Å². The van der Waals surface area contributed by atoms with Gasteiger partial charge in [-0.25, -0.2) is 9.50 Å². The van der Waals surface area contributed by atoms with Gasteiger partial charge in [-0.2, -0.15) is 10.4 Å². The summed E-state index contributed by atoms with van der Waals surface area (Å²) in [5.41, 5.74) is 8.70. The zero-order valence-corrected chi connectivity index (χ0v) is 19.8. The monoisotopic (exact) mass is 461 g/mol. The molecule has 3 aromatic rings. The van der Waals surface area contributed by atoms with E-state index in [9.17, 15) is 0 Å². The maximum absolute atomic E-state index is 9.16. The number of aryl methyl sites for hydroxylation is 1. The Morgan fingerprint density at radius 1 is 1.20 bits per heavy atom. The van der Waals surface area contributed by atoms with Crippen molar-refractivity contribution in [2.75, 3.05) is 31.1 Å². The molecule has 1 fully saturated rings. The highest BCUT2D eigenvalue weighted by Crippen LogP contribution is 2.30. The zero-order valence-electron chi connectivity index (χ0n) is 19.8. The highest BCUT2D eigenvalue weighted by molar-refractivity contribution is 5.80. The predicted molar refractivity (Wildman–Crippen MR) is 141 cm³/mol. The summed E-state index contributed by atoms with van der Waals surface area (Å²) < 4.78 is 1.88. The maximum atomic E-state index is 9.16. The number of aliphatic imine (C=N–C) groups is 1. The first-order valence-electron chi connectivity index (χ1n) is 11.7. The second-order valence-corrected chi connectivity index (χ2v) is 8.59. The molecular weight excluding hydrogens is 434 g/mol. The molecule has 2 aromatic heterocycles. The normalized spacial score (nSPS) is 17.5. The van der Waals surface area contributed by atoms with Crippen LogP contribution in [0.1, 0.15) is 17.8 Å². The lowest BCUT2D eigenvalue weighted by Crippen LogP contribution is -2.43. The number of nitrogens with one attached hydrogen (secondary N) is 1. The van der Waals surface area contributed by atoms with E-state index in [1.54, 1.807) is 6.20 Å². The molecule has 0 spiro atoms. The van der Waals surface area contributed by atoms with Gasteiger partial charge in [0.15, 0.2) is 5.65 Å². The Hall–Kier alpha value is -4.28. The molecule has 3 heterocycles. The average molecular weight is 462 g/mol. The van der Waals surface area contributed by atoms with Crippen LogP contribution in [0.15, 0.2) is 83.2 Å². The van der Waals surface area contributed by atoms with E-state index in [0.29, 0.717) is 12.0 Å². The maximum Gasteiger partial charge on any atom is 0.154 e. The first-order valence-corrected chi connectivity index (χ1v) is 11.7. The number of hydrogen-bond acceptors (Lipinski definition) is 6. The summed E-state index contributed by atoms with van der Waals surface area (Å²) >= 11 is 0. The Morgan fingerprint density at radius 3 is 2.69 bits per heavy atom. The molecule has 5 rings (SSSR count). The van der Waals surface area contributed by atoms with E-state index in [2.05, 4.69) is 63.3 Å². The highest BCUT2D eigenvalue weighted by Gasteiger charge is 2.16. The molecular formula is C28H27N7. The van der Waals surface area contributed by atoms with E-state index in [1.807, 2.05) is 41.9 Å². The predicted octanol–water partition coefficient (Wildman–Crippen LogP) is 4.49. The third kappa shape index (κ3) is 4.57. The molecule has 0 unspecified atom stereocenters. The zero-order chi connectivity index (χ0) is 24.2. The van der Waals surface area contributed by atoms with Gasteiger partial charge in [-0.05, 0) is 61.5 Å². The van der Waals surface area contributed by atoms with Crippen LogP contribution in [-0.4, -0.2) is 47.5 Å². The van der Waals surface area contributed by atoms with Crippen molar-refractivity contribution in [1.82, 2.24) is 19.9 Å². The van der Waals surface area contributed by atoms with Gasteiger partial charge in [0, 0.05) is 54.8 Å². The third-order valence-corrected chi connectivity index (χ3v) is 6.44. The number of aromatic nitrogens is 3. The van der Waals surface area contributed by atoms with Crippen molar-refractivity contribution in [2.45, 2.75) is 13.3 Å². The molecule has 0 atom stereocenters. The quantitative estimate of drug-likeness (QED) is 0.566. The molecule has 1 aliphatic heterocycles. The van der Waals surface area contributed by atoms with Crippen LogP contribution in [0.5, 0.6) is 0 Å². The molecule has 1 N–H and O–H groups in total. The first-order chi connectivity index (χ1) is 17.2. The van der Waals surface area contributed by atoms with Crippen LogP contribution in [0, 0.1) is 18.3 Å². The number of allylic oxidation sites excluding steroid dienone is 7. The first kappa shape index (κ1) is 22.5. The van der Waals surface area contributed by atoms with Crippen molar-refractivity contribution in [3.05, 3.63) is 89.6 Å². The number of rotatable bonds is 5. The number of piperazine rings is 1. The van der Waals surface area contributed by atoms with Crippen LogP contribution < -0.4 is 10.2 Å². The minimum Gasteiger partial charge on any atom is -0.369 e. The van der Waals surface area contributed by atoms with E-state index in [1.165, 1.54) is 5.69 Å². The number of benzene rings is 1. The summed E-state index contributed by atoms with van der Waals surface area (Å²) in [5.74, 6) is 0. The van der Waals surface area contributed by atoms with Crippen LogP contribution in [0.2, 0.25) is 0 Å². The largest absolute Gasteiger partial charge is 0.369 e. The number of nitrogens with zero attached hydrogens (tertiary/aromatic N) is 6. The summed E-state index contributed by atoms with van der Waals surface area (Å²) in [5, 5.41) is 17.5. The van der Waals surface area contributed by atoms with Gasteiger partial charge < -0.3 is 10.2 Å². The molecule has 1 aromatic carbocycles. The number of fused-ring (bicyclic) bond motifs is 1. The van der Waals surface area contributed by atoms with Crippen LogP contribution in [0.4, 0.5) is 5.69 Å². The second kappa shape index (κ2) is 9.92. The molecule has 0 saturated carbocycles. The van der Waals surface area contributed by atoms with E-state index >= 15 is 0 Å². The molecule has 7 nitrogen and oxygen atoms in total. The molecule has 7 heteroatoms. The van der Waals surface area contributed by atoms with Gasteiger partial charge in [0.2, 0.25) is 0 Å². The van der Waals surface area contributed by atoms with Crippen molar-refractivity contribution in [3.63, 3.8) is 0 Å². The topological polar surface area (TPSA) is 81.6 Å². The number of hydrogen-bond donors (Lipinski definition) is 1. The minimum atomic E-state index is 0.653. The second-order valence-electron chi connectivity index (χ2n) is 8.59. The fourth-order valence-electron chi connectivity index (χ4n) is 4.56. The molecule has 1 saturated heterocycles. The smallest absolute Gasteiger partial charge is 0.154 e.